The van der Waals surface area contributed by atoms with Crippen LogP contribution in [0.2, 0.25) is 0 Å². The van der Waals surface area contributed by atoms with Gasteiger partial charge in [0.15, 0.2) is 12.0 Å². The van der Waals surface area contributed by atoms with Crippen LogP contribution in [0.5, 0.6) is 5.75 Å². The molecule has 8 heteroatoms. The monoisotopic (exact) mass is 569 g/mol. The molecule has 1 heterocycles. The second-order valence-corrected chi connectivity index (χ2v) is 10.5. The zero-order valence-electron chi connectivity index (χ0n) is 23.1. The van der Waals surface area contributed by atoms with Crippen molar-refractivity contribution < 1.29 is 26.9 Å². The van der Waals surface area contributed by atoms with E-state index in [1.807, 2.05) is 44.2 Å². The third kappa shape index (κ3) is 7.22. The van der Waals surface area contributed by atoms with E-state index in [0.717, 1.165) is 27.9 Å². The molecular formula is C32H34F3NO3S. The van der Waals surface area contributed by atoms with E-state index in [0.29, 0.717) is 12.3 Å². The first-order valence-corrected chi connectivity index (χ1v) is 14.3. The molecule has 0 saturated heterocycles. The summed E-state index contributed by atoms with van der Waals surface area (Å²) in [6.07, 6.45) is 6.22. The number of halogens is 3. The highest BCUT2D eigenvalue weighted by Gasteiger charge is 2.35. The molecule has 3 aromatic rings. The lowest BCUT2D eigenvalue weighted by atomic mass is 9.84. The van der Waals surface area contributed by atoms with Gasteiger partial charge in [-0.25, -0.2) is 4.79 Å². The maximum Gasteiger partial charge on any atom is 0.479 e. The zero-order chi connectivity index (χ0) is 28.9. The van der Waals surface area contributed by atoms with Crippen molar-refractivity contribution in [3.63, 3.8) is 0 Å². The van der Waals surface area contributed by atoms with Gasteiger partial charge in [-0.05, 0) is 90.3 Å². The number of methoxy groups -OCH3 is 1. The Balaban J connectivity index is 0.00000181. The van der Waals surface area contributed by atoms with Gasteiger partial charge in [-0.15, -0.1) is 0 Å². The lowest BCUT2D eigenvalue weighted by Gasteiger charge is -2.44. The number of carbonyl (C=O) groups is 1. The van der Waals surface area contributed by atoms with E-state index in [-0.39, 0.29) is 17.8 Å². The van der Waals surface area contributed by atoms with Crippen molar-refractivity contribution in [1.82, 2.24) is 0 Å². The lowest BCUT2D eigenvalue weighted by molar-refractivity contribution is -0.134. The second-order valence-electron chi connectivity index (χ2n) is 9.72. The minimum atomic E-state index is -4.47. The van der Waals surface area contributed by atoms with Gasteiger partial charge in [0, 0.05) is 17.8 Å². The molecule has 5 rings (SSSR count). The van der Waals surface area contributed by atoms with Crippen molar-refractivity contribution in [3.8, 4) is 5.75 Å². The van der Waals surface area contributed by atoms with E-state index < -0.39 is 23.5 Å². The summed E-state index contributed by atoms with van der Waals surface area (Å²) in [4.78, 5) is 13.9. The van der Waals surface area contributed by atoms with E-state index >= 15 is 0 Å². The van der Waals surface area contributed by atoms with Gasteiger partial charge in [-0.3, -0.25) is 0 Å². The zero-order valence-corrected chi connectivity index (χ0v) is 23.9. The van der Waals surface area contributed by atoms with Crippen molar-refractivity contribution in [2.75, 3.05) is 12.0 Å². The van der Waals surface area contributed by atoms with Crippen molar-refractivity contribution in [1.29, 1.82) is 0 Å². The molecule has 212 valence electrons. The van der Waals surface area contributed by atoms with Gasteiger partial charge in [-0.2, -0.15) is 13.2 Å². The summed E-state index contributed by atoms with van der Waals surface area (Å²) in [5.41, 5.74) is 1.87. The molecule has 3 aromatic carbocycles. The Hall–Kier alpha value is -3.39. The quantitative estimate of drug-likeness (QED) is 0.161. The maximum atomic E-state index is 12.7. The highest BCUT2D eigenvalue weighted by atomic mass is 32.2. The van der Waals surface area contributed by atoms with Crippen LogP contribution in [0.3, 0.4) is 0 Å². The van der Waals surface area contributed by atoms with Crippen LogP contribution in [0.4, 0.5) is 18.9 Å². The molecule has 0 aromatic heterocycles. The average Bonchev–Trinajstić information content (AvgIpc) is 3.81. The van der Waals surface area contributed by atoms with Crippen LogP contribution in [0.1, 0.15) is 73.4 Å². The lowest BCUT2D eigenvalue weighted by Crippen LogP contribution is -2.42. The largest absolute Gasteiger partial charge is 0.479 e. The summed E-state index contributed by atoms with van der Waals surface area (Å²) in [6, 6.07) is 21.8. The number of hydrogen-bond acceptors (Lipinski definition) is 5. The molecule has 0 spiro atoms. The van der Waals surface area contributed by atoms with Crippen LogP contribution in [-0.2, 0) is 16.0 Å². The average molecular weight is 570 g/mol. The summed E-state index contributed by atoms with van der Waals surface area (Å²) in [7, 11) is 1.33. The molecule has 2 aliphatic rings. The fourth-order valence-electron chi connectivity index (χ4n) is 5.09. The molecule has 1 saturated carbocycles. The maximum absolute atomic E-state index is 12.7. The molecule has 2 unspecified atom stereocenters. The molecule has 2 atom stereocenters. The van der Waals surface area contributed by atoms with Gasteiger partial charge in [0.2, 0.25) is 0 Å². The first-order valence-electron chi connectivity index (χ1n) is 13.5. The second kappa shape index (κ2) is 12.9. The highest BCUT2D eigenvalue weighted by molar-refractivity contribution is 7.95. The first-order chi connectivity index (χ1) is 19.2. The van der Waals surface area contributed by atoms with Crippen LogP contribution >= 0.6 is 12.0 Å². The highest BCUT2D eigenvalue weighted by Crippen LogP contribution is 2.45. The normalized spacial score (nSPS) is 18.5. The number of fused-ring (bicyclic) bond motifs is 1. The van der Waals surface area contributed by atoms with Crippen molar-refractivity contribution in [2.24, 2.45) is 0 Å². The topological polar surface area (TPSA) is 38.8 Å². The third-order valence-electron chi connectivity index (χ3n) is 7.02. The number of carbonyl (C=O) groups excluding carboxylic acids is 1. The summed E-state index contributed by atoms with van der Waals surface area (Å²) in [5, 5.41) is 0. The van der Waals surface area contributed by atoms with Crippen molar-refractivity contribution >= 4 is 29.8 Å². The number of anilines is 1. The molecule has 1 aliphatic heterocycles. The molecule has 1 aliphatic carbocycles. The molecule has 0 amide bonds. The summed E-state index contributed by atoms with van der Waals surface area (Å²) >= 11 is -0.499. The van der Waals surface area contributed by atoms with Crippen LogP contribution in [0.25, 0.3) is 6.08 Å². The number of ether oxygens (including phenoxy) is 1. The SMILES string of the molecule is CC.COC(=O)/C=C/c1ccc(C2c3ccc(OSC(F)(F)F)cc3CC(C)N2c2ccc(C3CC3)cc2)cc1. The van der Waals surface area contributed by atoms with Gasteiger partial charge in [-0.1, -0.05) is 56.3 Å². The van der Waals surface area contributed by atoms with E-state index in [1.165, 1.54) is 31.6 Å². The molecular weight excluding hydrogens is 535 g/mol. The number of esters is 1. The molecule has 0 N–H and O–H groups in total. The summed E-state index contributed by atoms with van der Waals surface area (Å²) < 4.78 is 47.7. The van der Waals surface area contributed by atoms with Crippen LogP contribution in [-0.4, -0.2) is 24.6 Å². The number of benzene rings is 3. The minimum Gasteiger partial charge on any atom is -0.466 e. The molecule has 40 heavy (non-hydrogen) atoms. The van der Waals surface area contributed by atoms with Gasteiger partial charge in [0.25, 0.3) is 0 Å². The fourth-order valence-corrected chi connectivity index (χ4v) is 5.39. The number of nitrogens with zero attached hydrogens (tertiary/aromatic N) is 1. The van der Waals surface area contributed by atoms with Gasteiger partial charge in [0.05, 0.1) is 13.2 Å². The Morgan fingerprint density at radius 1 is 0.975 bits per heavy atom. The predicted molar refractivity (Wildman–Crippen MR) is 155 cm³/mol. The van der Waals surface area contributed by atoms with Crippen LogP contribution in [0, 0.1) is 0 Å². The Labute approximate surface area is 238 Å². The number of alkyl halides is 3. The fraction of sp³-hybridized carbons (Fsp3) is 0.344. The molecule has 4 nitrogen and oxygen atoms in total. The van der Waals surface area contributed by atoms with Gasteiger partial charge < -0.3 is 13.8 Å². The smallest absolute Gasteiger partial charge is 0.466 e. The van der Waals surface area contributed by atoms with E-state index in [1.54, 1.807) is 18.2 Å². The van der Waals surface area contributed by atoms with Crippen molar-refractivity contribution in [3.05, 3.63) is 101 Å². The molecule has 0 bridgehead atoms. The number of rotatable bonds is 7. The Kier molecular flexibility index (Phi) is 9.51. The third-order valence-corrected chi connectivity index (χ3v) is 7.48. The Morgan fingerprint density at radius 2 is 1.62 bits per heavy atom. The molecule has 0 radical (unpaired) electrons. The van der Waals surface area contributed by atoms with Gasteiger partial charge >= 0.3 is 11.5 Å². The van der Waals surface area contributed by atoms with Crippen molar-refractivity contribution in [2.45, 2.75) is 63.5 Å². The summed E-state index contributed by atoms with van der Waals surface area (Å²) in [6.45, 7) is 6.14. The van der Waals surface area contributed by atoms with E-state index in [2.05, 4.69) is 40.8 Å². The van der Waals surface area contributed by atoms with E-state index in [4.69, 9.17) is 4.18 Å². The first kappa shape index (κ1) is 29.6. The van der Waals surface area contributed by atoms with Gasteiger partial charge in [0.1, 0.15) is 5.75 Å². The Bertz CT molecular complexity index is 1320. The number of hydrogen-bond donors (Lipinski definition) is 0. The van der Waals surface area contributed by atoms with Crippen LogP contribution < -0.4 is 9.08 Å². The molecule has 1 fully saturated rings. The van der Waals surface area contributed by atoms with Crippen LogP contribution in [0.15, 0.2) is 72.8 Å². The van der Waals surface area contributed by atoms with E-state index in [9.17, 15) is 18.0 Å². The standard InChI is InChI=1S/C30H28F3NO3S.C2H6/c1-19-17-24-18-26(37-38-30(31,32)33)14-15-27(24)29(23-6-3-20(4-7-23)5-16-28(35)36-2)34(19)25-12-10-22(11-13-25)21-8-9-21;1-2/h3-7,10-16,18-19,21,29H,8-9,17H2,1-2H3;1-2H3/b16-5+;. The predicted octanol–water partition coefficient (Wildman–Crippen LogP) is 8.86. The summed E-state index contributed by atoms with van der Waals surface area (Å²) in [5.74, 6) is 0.423. The Morgan fingerprint density at radius 3 is 2.23 bits per heavy atom. The minimum absolute atomic E-state index is 0.0868.